The van der Waals surface area contributed by atoms with Crippen LogP contribution in [0.25, 0.3) is 145 Å². The van der Waals surface area contributed by atoms with E-state index in [2.05, 4.69) is 287 Å². The fraction of sp³-hybridized carbons (Fsp3) is 0. The van der Waals surface area contributed by atoms with E-state index >= 15 is 0 Å². The van der Waals surface area contributed by atoms with E-state index in [0.29, 0.717) is 0 Å². The zero-order valence-electron chi connectivity index (χ0n) is 45.5. The molecule has 0 aliphatic carbocycles. The van der Waals surface area contributed by atoms with Gasteiger partial charge in [-0.1, -0.05) is 176 Å². The first-order valence-corrected chi connectivity index (χ1v) is 30.4. The van der Waals surface area contributed by atoms with E-state index < -0.39 is 0 Å². The van der Waals surface area contributed by atoms with Crippen molar-refractivity contribution in [3.05, 3.63) is 273 Å². The Hall–Kier alpha value is -10.7. The van der Waals surface area contributed by atoms with E-state index in [1.807, 2.05) is 22.7 Å². The van der Waals surface area contributed by atoms with E-state index in [0.717, 1.165) is 138 Å². The Balaban J connectivity index is 0.843. The van der Waals surface area contributed by atoms with Crippen molar-refractivity contribution in [1.82, 2.24) is 4.40 Å². The Kier molecular flexibility index (Phi) is 9.87. The number of hydrogen-bond donors (Lipinski definition) is 0. The Morgan fingerprint density at radius 1 is 0.282 bits per heavy atom. The van der Waals surface area contributed by atoms with E-state index in [9.17, 15) is 0 Å². The number of benzene rings is 13. The van der Waals surface area contributed by atoms with Crippen molar-refractivity contribution in [2.45, 2.75) is 0 Å². The Labute approximate surface area is 494 Å². The second kappa shape index (κ2) is 17.9. The molecule has 0 saturated heterocycles. The van der Waals surface area contributed by atoms with Crippen LogP contribution < -0.4 is 9.80 Å². The van der Waals surface area contributed by atoms with Crippen molar-refractivity contribution in [1.29, 1.82) is 0 Å². The molecule has 0 fully saturated rings. The van der Waals surface area contributed by atoms with Gasteiger partial charge in [0.05, 0.1) is 37.3 Å². The standard InChI is InChI=1S/C78H45N3O2S2/c1-3-18-48(19-4-1)79(64-30-16-26-56-54-24-9-13-34-68(54)84-77(56)64)50-40-36-46(37-41-50)60-44-62-52-22-7-11-32-66(52)82-75(62)73-70(60)58-28-15-29-59-71-61(45-63-53-23-8-12-33-67(53)83-76(63)74(71)81(73)72(58)59)47-38-42-51(43-39-47)80(49-20-5-2-6-21-49)65-31-17-27-57-55-25-10-14-35-69(55)85-78(57)65/h1-45H. The molecule has 19 rings (SSSR count). The van der Waals surface area contributed by atoms with Crippen molar-refractivity contribution in [3.63, 3.8) is 0 Å². The quantitative estimate of drug-likeness (QED) is 0.152. The second-order valence-corrected chi connectivity index (χ2v) is 24.3. The normalized spacial score (nSPS) is 12.2. The van der Waals surface area contributed by atoms with Gasteiger partial charge in [0.15, 0.2) is 11.2 Å². The fourth-order valence-electron chi connectivity index (χ4n) is 14.0. The minimum absolute atomic E-state index is 0.854. The van der Waals surface area contributed by atoms with E-state index in [1.165, 1.54) is 40.3 Å². The lowest BCUT2D eigenvalue weighted by Crippen LogP contribution is -2.09. The molecule has 0 bridgehead atoms. The first-order chi connectivity index (χ1) is 42.2. The molecule has 0 aliphatic heterocycles. The molecule has 85 heavy (non-hydrogen) atoms. The SMILES string of the molecule is c1ccc(N(c2ccc(-c3cc4c5ccccc5oc4c4c3c3cccc5c6c(-c7ccc(N(c8ccccc8)c8cccc9c8sc8ccccc89)cc7)cc7c8ccccc8oc7c6n4c35)cc2)c2cccc3c2sc2ccccc23)cc1. The fourth-order valence-corrected chi connectivity index (χ4v) is 16.5. The van der Waals surface area contributed by atoms with Crippen LogP contribution in [0, 0.1) is 0 Å². The highest BCUT2D eigenvalue weighted by Crippen LogP contribution is 2.53. The first kappa shape index (κ1) is 46.9. The predicted molar refractivity (Wildman–Crippen MR) is 362 cm³/mol. The van der Waals surface area contributed by atoms with Crippen LogP contribution in [-0.2, 0) is 0 Å². The molecular formula is C78H45N3O2S2. The summed E-state index contributed by atoms with van der Waals surface area (Å²) in [4.78, 5) is 4.82. The molecule has 0 N–H and O–H groups in total. The van der Waals surface area contributed by atoms with Crippen molar-refractivity contribution in [2.75, 3.05) is 9.80 Å². The van der Waals surface area contributed by atoms with Gasteiger partial charge in [0.2, 0.25) is 0 Å². The van der Waals surface area contributed by atoms with Gasteiger partial charge in [0, 0.05) is 96.8 Å². The molecular weight excluding hydrogens is 1080 g/mol. The summed E-state index contributed by atoms with van der Waals surface area (Å²) in [5.74, 6) is 0. The lowest BCUT2D eigenvalue weighted by Gasteiger charge is -2.26. The van der Waals surface area contributed by atoms with E-state index in [-0.39, 0.29) is 0 Å². The topological polar surface area (TPSA) is 37.2 Å². The summed E-state index contributed by atoms with van der Waals surface area (Å²) in [5, 5.41) is 14.0. The average molecular weight is 1120 g/mol. The van der Waals surface area contributed by atoms with Gasteiger partial charge < -0.3 is 23.0 Å². The van der Waals surface area contributed by atoms with Crippen LogP contribution in [0.4, 0.5) is 34.1 Å². The van der Waals surface area contributed by atoms with Crippen molar-refractivity contribution < 1.29 is 8.83 Å². The first-order valence-electron chi connectivity index (χ1n) is 28.8. The highest BCUT2D eigenvalue weighted by Gasteiger charge is 2.30. The molecule has 5 nitrogen and oxygen atoms in total. The highest BCUT2D eigenvalue weighted by atomic mass is 32.1. The molecule has 0 saturated carbocycles. The Morgan fingerprint density at radius 2 is 0.647 bits per heavy atom. The van der Waals surface area contributed by atoms with Gasteiger partial charge in [0.25, 0.3) is 0 Å². The smallest absolute Gasteiger partial charge is 0.160 e. The lowest BCUT2D eigenvalue weighted by atomic mass is 9.94. The molecule has 19 aromatic rings. The van der Waals surface area contributed by atoms with Gasteiger partial charge in [-0.2, -0.15) is 0 Å². The molecule has 6 aromatic heterocycles. The molecule has 0 aliphatic rings. The van der Waals surface area contributed by atoms with Crippen LogP contribution in [0.5, 0.6) is 0 Å². The number of aromatic nitrogens is 1. The number of anilines is 6. The zero-order chi connectivity index (χ0) is 55.4. The molecule has 0 amide bonds. The number of nitrogens with zero attached hydrogens (tertiary/aromatic N) is 3. The maximum absolute atomic E-state index is 7.15. The predicted octanol–water partition coefficient (Wildman–Crippen LogP) is 23.6. The largest absolute Gasteiger partial charge is 0.454 e. The molecule has 0 atom stereocenters. The van der Waals surface area contributed by atoms with Crippen LogP contribution >= 0.6 is 22.7 Å². The van der Waals surface area contributed by atoms with Crippen LogP contribution in [0.15, 0.2) is 282 Å². The minimum atomic E-state index is 0.854. The summed E-state index contributed by atoms with van der Waals surface area (Å²) in [6, 6.07) is 99.4. The number of rotatable bonds is 8. The van der Waals surface area contributed by atoms with Gasteiger partial charge in [-0.15, -0.1) is 22.7 Å². The Morgan fingerprint density at radius 3 is 1.11 bits per heavy atom. The van der Waals surface area contributed by atoms with Gasteiger partial charge in [-0.3, -0.25) is 0 Å². The summed E-state index contributed by atoms with van der Waals surface area (Å²) in [7, 11) is 0. The molecule has 0 spiro atoms. The second-order valence-electron chi connectivity index (χ2n) is 22.2. The minimum Gasteiger partial charge on any atom is -0.454 e. The summed E-state index contributed by atoms with van der Waals surface area (Å²) >= 11 is 3.71. The third-order valence-electron chi connectivity index (χ3n) is 17.7. The maximum atomic E-state index is 7.15. The summed E-state index contributed by atoms with van der Waals surface area (Å²) < 4.78 is 21.9. The Bertz CT molecular complexity index is 5550. The number of para-hydroxylation sites is 5. The van der Waals surface area contributed by atoms with E-state index in [1.54, 1.807) is 0 Å². The third kappa shape index (κ3) is 6.73. The average Bonchev–Trinajstić information content (AvgIpc) is 1.70. The number of hydrogen-bond acceptors (Lipinski definition) is 6. The van der Waals surface area contributed by atoms with Crippen LogP contribution in [-0.4, -0.2) is 4.40 Å². The molecule has 7 heteroatoms. The van der Waals surface area contributed by atoms with E-state index in [4.69, 9.17) is 8.83 Å². The zero-order valence-corrected chi connectivity index (χ0v) is 47.1. The van der Waals surface area contributed by atoms with Gasteiger partial charge in [-0.25, -0.2) is 0 Å². The van der Waals surface area contributed by atoms with Gasteiger partial charge >= 0.3 is 0 Å². The summed E-state index contributed by atoms with van der Waals surface area (Å²) in [6.07, 6.45) is 0. The summed E-state index contributed by atoms with van der Waals surface area (Å²) in [5.41, 5.74) is 17.8. The van der Waals surface area contributed by atoms with Crippen molar-refractivity contribution in [2.24, 2.45) is 0 Å². The maximum Gasteiger partial charge on any atom is 0.160 e. The highest BCUT2D eigenvalue weighted by molar-refractivity contribution is 7.26. The number of furan rings is 2. The molecule has 0 radical (unpaired) electrons. The summed E-state index contributed by atoms with van der Waals surface area (Å²) in [6.45, 7) is 0. The lowest BCUT2D eigenvalue weighted by molar-refractivity contribution is 0.670. The molecule has 396 valence electrons. The van der Waals surface area contributed by atoms with Gasteiger partial charge in [-0.05, 0) is 119 Å². The number of thiophene rings is 2. The van der Waals surface area contributed by atoms with Crippen molar-refractivity contribution in [3.8, 4) is 22.3 Å². The third-order valence-corrected chi connectivity index (χ3v) is 20.1. The monoisotopic (exact) mass is 1120 g/mol. The van der Waals surface area contributed by atoms with Crippen molar-refractivity contribution >= 4 is 179 Å². The van der Waals surface area contributed by atoms with Crippen LogP contribution in [0.1, 0.15) is 0 Å². The molecule has 0 unspecified atom stereocenters. The van der Waals surface area contributed by atoms with Gasteiger partial charge in [0.1, 0.15) is 11.2 Å². The van der Waals surface area contributed by atoms with Crippen LogP contribution in [0.3, 0.4) is 0 Å². The molecule has 6 heterocycles. The van der Waals surface area contributed by atoms with Crippen LogP contribution in [0.2, 0.25) is 0 Å². The molecule has 13 aromatic carbocycles. The number of fused-ring (bicyclic) bond motifs is 20.